The summed E-state index contributed by atoms with van der Waals surface area (Å²) in [5.74, 6) is 0.0479. The van der Waals surface area contributed by atoms with E-state index in [0.717, 1.165) is 6.42 Å². The van der Waals surface area contributed by atoms with Gasteiger partial charge in [-0.15, -0.1) is 0 Å². The van der Waals surface area contributed by atoms with Crippen molar-refractivity contribution in [1.82, 2.24) is 19.7 Å². The average Bonchev–Trinajstić information content (AvgIpc) is 2.93. The lowest BCUT2D eigenvalue weighted by Crippen LogP contribution is -2.17. The Balaban J connectivity index is 2.12. The number of aliphatic hydroxyl groups excluding tert-OH is 1. The molecule has 0 aliphatic carbocycles. The van der Waals surface area contributed by atoms with Crippen molar-refractivity contribution in [2.45, 2.75) is 25.2 Å². The first kappa shape index (κ1) is 12.8. The highest BCUT2D eigenvalue weighted by Gasteiger charge is 2.29. The number of nitrogens with zero attached hydrogens (tertiary/aromatic N) is 3. The Labute approximate surface area is 121 Å². The smallest absolute Gasteiger partial charge is 0.264 e. The zero-order valence-corrected chi connectivity index (χ0v) is 12.0. The van der Waals surface area contributed by atoms with Gasteiger partial charge in [0.15, 0.2) is 11.9 Å². The Morgan fingerprint density at radius 3 is 3.05 bits per heavy atom. The number of hydrogen-bond donors (Lipinski definition) is 3. The Morgan fingerprint density at radius 2 is 2.37 bits per heavy atom. The summed E-state index contributed by atoms with van der Waals surface area (Å²) in [7, 11) is 0. The van der Waals surface area contributed by atoms with Gasteiger partial charge < -0.3 is 15.6 Å². The van der Waals surface area contributed by atoms with Gasteiger partial charge >= 0.3 is 0 Å². The number of aliphatic hydroxyl groups is 1. The Kier molecular flexibility index (Phi) is 3.19. The predicted octanol–water partition coefficient (Wildman–Crippen LogP) is -0.0237. The summed E-state index contributed by atoms with van der Waals surface area (Å²) in [5, 5.41) is 13.8. The van der Waals surface area contributed by atoms with E-state index in [2.05, 4.69) is 15.1 Å². The van der Waals surface area contributed by atoms with Crippen LogP contribution in [-0.4, -0.2) is 37.6 Å². The number of ether oxygens (including phenoxy) is 1. The van der Waals surface area contributed by atoms with Crippen LogP contribution in [0.25, 0.3) is 11.0 Å². The van der Waals surface area contributed by atoms with Crippen LogP contribution in [-0.2, 0) is 4.74 Å². The molecule has 0 spiro atoms. The van der Waals surface area contributed by atoms with Crippen LogP contribution in [0.15, 0.2) is 4.79 Å². The number of nitrogens with two attached hydrogens (primary N) is 1. The first-order valence-electron chi connectivity index (χ1n) is 5.80. The maximum atomic E-state index is 11.9. The lowest BCUT2D eigenvalue weighted by molar-refractivity contribution is -0.0264. The molecular weight excluding hydrogens is 365 g/mol. The van der Waals surface area contributed by atoms with Gasteiger partial charge in [0, 0.05) is 0 Å². The molecule has 2 aromatic heterocycles. The van der Waals surface area contributed by atoms with Crippen LogP contribution in [0.2, 0.25) is 0 Å². The molecular formula is C10H12IN5O3. The maximum absolute atomic E-state index is 11.9. The van der Waals surface area contributed by atoms with Crippen molar-refractivity contribution in [3.8, 4) is 0 Å². The third-order valence-corrected chi connectivity index (χ3v) is 3.85. The second-order valence-electron chi connectivity index (χ2n) is 4.36. The van der Waals surface area contributed by atoms with Crippen molar-refractivity contribution in [2.75, 3.05) is 12.3 Å². The number of fused-ring (bicyclic) bond motifs is 1. The molecule has 1 aliphatic rings. The second-order valence-corrected chi connectivity index (χ2v) is 5.38. The van der Waals surface area contributed by atoms with E-state index in [1.54, 1.807) is 4.68 Å². The maximum Gasteiger partial charge on any atom is 0.264 e. The van der Waals surface area contributed by atoms with Crippen LogP contribution in [0.3, 0.4) is 0 Å². The number of aromatic nitrogens is 4. The molecule has 0 radical (unpaired) electrons. The minimum Gasteiger partial charge on any atom is -0.394 e. The molecule has 1 fully saturated rings. The highest BCUT2D eigenvalue weighted by molar-refractivity contribution is 14.1. The fourth-order valence-electron chi connectivity index (χ4n) is 2.22. The third kappa shape index (κ3) is 2.11. The number of H-pyrrole nitrogens is 1. The monoisotopic (exact) mass is 377 g/mol. The van der Waals surface area contributed by atoms with E-state index in [4.69, 9.17) is 15.6 Å². The number of nitrogen functional groups attached to an aromatic ring is 1. The molecule has 9 heteroatoms. The Bertz CT molecular complexity index is 682. The standard InChI is InChI=1S/C10H12IN5O3/c11-7-6-8(13-10(12)14-9(6)18)16(15-7)5-2-1-4(3-17)19-5/h4-5,17H,1-3H2,(H3,12,13,14,18)/t4-,5+/m0/s1. The molecule has 3 heterocycles. The zero-order chi connectivity index (χ0) is 13.6. The van der Waals surface area contributed by atoms with Crippen LogP contribution in [0.4, 0.5) is 5.95 Å². The topological polar surface area (TPSA) is 119 Å². The molecule has 0 saturated carbocycles. The first-order chi connectivity index (χ1) is 9.10. The van der Waals surface area contributed by atoms with Crippen LogP contribution < -0.4 is 11.3 Å². The van der Waals surface area contributed by atoms with Gasteiger partial charge in [0.25, 0.3) is 5.56 Å². The molecule has 8 nitrogen and oxygen atoms in total. The van der Waals surface area contributed by atoms with Crippen LogP contribution >= 0.6 is 22.6 Å². The number of hydrogen-bond acceptors (Lipinski definition) is 6. The summed E-state index contributed by atoms with van der Waals surface area (Å²) in [4.78, 5) is 18.4. The summed E-state index contributed by atoms with van der Waals surface area (Å²) in [6.07, 6.45) is 0.947. The largest absolute Gasteiger partial charge is 0.394 e. The second kappa shape index (κ2) is 4.72. The van der Waals surface area contributed by atoms with Crippen molar-refractivity contribution in [3.63, 3.8) is 0 Å². The van der Waals surface area contributed by atoms with Crippen molar-refractivity contribution in [1.29, 1.82) is 0 Å². The molecule has 1 aliphatic heterocycles. The molecule has 102 valence electrons. The van der Waals surface area contributed by atoms with E-state index in [0.29, 0.717) is 21.2 Å². The van der Waals surface area contributed by atoms with Gasteiger partial charge in [-0.25, -0.2) is 4.68 Å². The molecule has 2 atom stereocenters. The van der Waals surface area contributed by atoms with E-state index in [-0.39, 0.29) is 30.4 Å². The summed E-state index contributed by atoms with van der Waals surface area (Å²) in [5.41, 5.74) is 5.66. The highest BCUT2D eigenvalue weighted by Crippen LogP contribution is 2.30. The van der Waals surface area contributed by atoms with Gasteiger partial charge in [0.05, 0.1) is 12.7 Å². The summed E-state index contributed by atoms with van der Waals surface area (Å²) >= 11 is 1.98. The normalized spacial score (nSPS) is 23.3. The van der Waals surface area contributed by atoms with Gasteiger partial charge in [-0.05, 0) is 35.4 Å². The molecule has 19 heavy (non-hydrogen) atoms. The minimum atomic E-state index is -0.322. The molecule has 0 aromatic carbocycles. The van der Waals surface area contributed by atoms with Crippen molar-refractivity contribution in [2.24, 2.45) is 0 Å². The summed E-state index contributed by atoms with van der Waals surface area (Å²) in [6.45, 7) is -0.0249. The number of anilines is 1. The minimum absolute atomic E-state index is 0.0249. The number of halogens is 1. The molecule has 0 unspecified atom stereocenters. The molecule has 3 rings (SSSR count). The van der Waals surface area contributed by atoms with Gasteiger partial charge in [-0.2, -0.15) is 10.1 Å². The predicted molar refractivity (Wildman–Crippen MR) is 75.5 cm³/mol. The average molecular weight is 377 g/mol. The van der Waals surface area contributed by atoms with E-state index >= 15 is 0 Å². The van der Waals surface area contributed by atoms with Crippen molar-refractivity contribution in [3.05, 3.63) is 14.1 Å². The van der Waals surface area contributed by atoms with E-state index < -0.39 is 0 Å². The quantitative estimate of drug-likeness (QED) is 0.633. The number of rotatable bonds is 2. The van der Waals surface area contributed by atoms with Gasteiger partial charge in [0.1, 0.15) is 9.09 Å². The molecule has 4 N–H and O–H groups in total. The summed E-state index contributed by atoms with van der Waals surface area (Å²) in [6, 6.07) is 0. The van der Waals surface area contributed by atoms with Gasteiger partial charge in [0.2, 0.25) is 5.95 Å². The fraction of sp³-hybridized carbons (Fsp3) is 0.500. The molecule has 2 aromatic rings. The Morgan fingerprint density at radius 1 is 1.58 bits per heavy atom. The summed E-state index contributed by atoms with van der Waals surface area (Å²) < 4.78 is 7.77. The fourth-order valence-corrected chi connectivity index (χ4v) is 2.94. The van der Waals surface area contributed by atoms with E-state index in [9.17, 15) is 4.79 Å². The van der Waals surface area contributed by atoms with E-state index in [1.807, 2.05) is 22.6 Å². The number of nitrogens with one attached hydrogen (secondary N) is 1. The van der Waals surface area contributed by atoms with Crippen molar-refractivity contribution >= 4 is 39.6 Å². The number of aromatic amines is 1. The lowest BCUT2D eigenvalue weighted by Gasteiger charge is -2.12. The van der Waals surface area contributed by atoms with Gasteiger partial charge in [-0.3, -0.25) is 9.78 Å². The lowest BCUT2D eigenvalue weighted by atomic mass is 10.2. The van der Waals surface area contributed by atoms with E-state index in [1.165, 1.54) is 0 Å². The Hall–Kier alpha value is -1.20. The van der Waals surface area contributed by atoms with Crippen LogP contribution in [0.1, 0.15) is 19.1 Å². The molecule has 0 bridgehead atoms. The SMILES string of the molecule is Nc1nc2c(c(I)nn2[C@H]2CC[C@@H](CO)O2)c(=O)[nH]1. The third-order valence-electron chi connectivity index (χ3n) is 3.10. The molecule has 1 saturated heterocycles. The molecule has 0 amide bonds. The first-order valence-corrected chi connectivity index (χ1v) is 6.88. The van der Waals surface area contributed by atoms with Crippen LogP contribution in [0.5, 0.6) is 0 Å². The van der Waals surface area contributed by atoms with Crippen molar-refractivity contribution < 1.29 is 9.84 Å². The highest BCUT2D eigenvalue weighted by atomic mass is 127. The van der Waals surface area contributed by atoms with Gasteiger partial charge in [-0.1, -0.05) is 0 Å². The van der Waals surface area contributed by atoms with Crippen LogP contribution in [0, 0.1) is 3.70 Å². The zero-order valence-electron chi connectivity index (χ0n) is 9.84.